The van der Waals surface area contributed by atoms with Crippen LogP contribution in [0.2, 0.25) is 0 Å². The summed E-state index contributed by atoms with van der Waals surface area (Å²) in [5, 5.41) is 33.1. The molecule has 36 heavy (non-hydrogen) atoms. The van der Waals surface area contributed by atoms with Crippen LogP contribution in [0.5, 0.6) is 0 Å². The van der Waals surface area contributed by atoms with Crippen molar-refractivity contribution in [3.05, 3.63) is 47.8 Å². The molecule has 196 valence electrons. The average Bonchev–Trinajstić information content (AvgIpc) is 3.43. The Kier molecular flexibility index (Phi) is 7.28. The van der Waals surface area contributed by atoms with Gasteiger partial charge < -0.3 is 34.6 Å². The number of aromatic amines is 1. The minimum atomic E-state index is -1.51. The number of H-pyrrole nitrogens is 1. The zero-order valence-corrected chi connectivity index (χ0v) is 20.9. The molecule has 1 aromatic rings. The van der Waals surface area contributed by atoms with E-state index in [4.69, 9.17) is 9.47 Å². The highest BCUT2D eigenvalue weighted by molar-refractivity contribution is 5.87. The highest BCUT2D eigenvalue weighted by Crippen LogP contribution is 2.66. The number of methoxy groups -OCH3 is 1. The maximum Gasteiger partial charge on any atom is 0.355 e. The molecule has 1 unspecified atom stereocenters. The Bertz CT molecular complexity index is 1050. The lowest BCUT2D eigenvalue weighted by molar-refractivity contribution is -0.179. The number of allylic oxidation sites excluding steroid dienone is 2. The van der Waals surface area contributed by atoms with E-state index in [0.29, 0.717) is 11.3 Å². The van der Waals surface area contributed by atoms with Gasteiger partial charge in [0.1, 0.15) is 18.1 Å². The summed E-state index contributed by atoms with van der Waals surface area (Å²) in [6.07, 6.45) is 5.40. The fraction of sp³-hybridized carbons (Fsp3) is 0.593. The van der Waals surface area contributed by atoms with E-state index in [9.17, 15) is 29.7 Å². The molecule has 0 amide bonds. The van der Waals surface area contributed by atoms with E-state index in [1.54, 1.807) is 38.3 Å². The molecule has 9 nitrogen and oxygen atoms in total. The normalized spacial score (nSPS) is 38.9. The van der Waals surface area contributed by atoms with Gasteiger partial charge in [0.05, 0.1) is 11.7 Å². The molecular formula is C27H35NO8. The lowest BCUT2D eigenvalue weighted by atomic mass is 9.46. The van der Waals surface area contributed by atoms with Crippen LogP contribution in [0.15, 0.2) is 42.1 Å². The van der Waals surface area contributed by atoms with Crippen LogP contribution >= 0.6 is 0 Å². The minimum Gasteiger partial charge on any atom is -0.479 e. The topological polar surface area (TPSA) is 146 Å². The van der Waals surface area contributed by atoms with Gasteiger partial charge in [-0.1, -0.05) is 32.1 Å². The van der Waals surface area contributed by atoms with Crippen LogP contribution in [0.1, 0.15) is 37.7 Å². The van der Waals surface area contributed by atoms with Crippen LogP contribution in [-0.4, -0.2) is 69.6 Å². The number of carboxylic acids is 1. The molecule has 11 atom stereocenters. The van der Waals surface area contributed by atoms with E-state index in [0.717, 1.165) is 6.29 Å². The molecule has 3 aliphatic carbocycles. The van der Waals surface area contributed by atoms with Crippen molar-refractivity contribution in [2.75, 3.05) is 7.11 Å². The molecule has 0 bridgehead atoms. The van der Waals surface area contributed by atoms with Gasteiger partial charge in [-0.05, 0) is 42.9 Å². The van der Waals surface area contributed by atoms with Gasteiger partial charge in [0, 0.05) is 42.9 Å². The number of aliphatic hydroxyl groups excluding tert-OH is 1. The number of esters is 1. The second-order valence-electron chi connectivity index (χ2n) is 10.5. The predicted molar refractivity (Wildman–Crippen MR) is 129 cm³/mol. The van der Waals surface area contributed by atoms with E-state index in [-0.39, 0.29) is 30.1 Å². The number of rotatable bonds is 9. The molecule has 4 rings (SSSR count). The molecular weight excluding hydrogens is 466 g/mol. The van der Waals surface area contributed by atoms with Gasteiger partial charge in [0.25, 0.3) is 0 Å². The van der Waals surface area contributed by atoms with Crippen LogP contribution in [0.3, 0.4) is 0 Å². The number of aliphatic carboxylic acids is 1. The molecule has 0 radical (unpaired) electrons. The summed E-state index contributed by atoms with van der Waals surface area (Å²) in [4.78, 5) is 38.6. The van der Waals surface area contributed by atoms with Crippen LogP contribution < -0.4 is 0 Å². The van der Waals surface area contributed by atoms with Gasteiger partial charge in [-0.15, -0.1) is 0 Å². The molecule has 0 spiro atoms. The van der Waals surface area contributed by atoms with Crippen LogP contribution in [-0.2, 0) is 19.1 Å². The number of aromatic nitrogens is 1. The van der Waals surface area contributed by atoms with Crippen LogP contribution in [0, 0.1) is 41.4 Å². The molecule has 4 N–H and O–H groups in total. The van der Waals surface area contributed by atoms with Crippen molar-refractivity contribution >= 4 is 18.2 Å². The van der Waals surface area contributed by atoms with Crippen LogP contribution in [0.25, 0.3) is 0 Å². The lowest BCUT2D eigenvalue weighted by Crippen LogP contribution is -2.65. The van der Waals surface area contributed by atoms with Crippen molar-refractivity contribution in [1.29, 1.82) is 0 Å². The van der Waals surface area contributed by atoms with Gasteiger partial charge in [-0.25, -0.2) is 9.59 Å². The third-order valence-corrected chi connectivity index (χ3v) is 8.64. The summed E-state index contributed by atoms with van der Waals surface area (Å²) in [5.74, 6) is -4.25. The molecule has 0 saturated heterocycles. The first-order valence-electron chi connectivity index (χ1n) is 12.4. The quantitative estimate of drug-likeness (QED) is 0.229. The smallest absolute Gasteiger partial charge is 0.355 e. The van der Waals surface area contributed by atoms with Crippen molar-refractivity contribution < 1.29 is 39.2 Å². The summed E-state index contributed by atoms with van der Waals surface area (Å²) >= 11 is 0. The third kappa shape index (κ3) is 4.13. The maximum atomic E-state index is 12.7. The number of carboxylic acid groups (broad SMARTS) is 1. The number of fused-ring (bicyclic) bond motifs is 4. The zero-order chi connectivity index (χ0) is 26.4. The number of carbonyl (C=O) groups excluding carboxylic acids is 2. The fourth-order valence-electron chi connectivity index (χ4n) is 6.85. The van der Waals surface area contributed by atoms with Gasteiger partial charge >= 0.3 is 11.9 Å². The summed E-state index contributed by atoms with van der Waals surface area (Å²) in [5.41, 5.74) is -0.632. The van der Waals surface area contributed by atoms with Gasteiger partial charge in [-0.2, -0.15) is 0 Å². The number of carbonyl (C=O) groups is 3. The minimum absolute atomic E-state index is 0.0248. The first-order chi connectivity index (χ1) is 17.1. The van der Waals surface area contributed by atoms with Gasteiger partial charge in [0.15, 0.2) is 6.10 Å². The van der Waals surface area contributed by atoms with E-state index in [1.165, 1.54) is 7.11 Å². The molecule has 3 aliphatic rings. The SMILES string of the molecule is CO[C@@H](C[C@H]1C=C[C@H]2[C@H]3C([C@H]2[C@]1(O)/C(C)=C/[C@@H](C)C=O)[C@H](O)[C@@H](C)[C@H]3OC(=O)c1ccc[nH]1)C(=O)O. The number of hydrogen-bond acceptors (Lipinski definition) is 7. The Morgan fingerprint density at radius 1 is 1.28 bits per heavy atom. The van der Waals surface area contributed by atoms with Crippen molar-refractivity contribution in [2.24, 2.45) is 41.4 Å². The number of aliphatic hydroxyl groups is 2. The maximum absolute atomic E-state index is 12.7. The Balaban J connectivity index is 1.70. The molecule has 0 aliphatic heterocycles. The summed E-state index contributed by atoms with van der Waals surface area (Å²) in [6.45, 7) is 5.30. The van der Waals surface area contributed by atoms with Crippen molar-refractivity contribution in [3.63, 3.8) is 0 Å². The Morgan fingerprint density at radius 3 is 2.58 bits per heavy atom. The molecule has 2 fully saturated rings. The van der Waals surface area contributed by atoms with Gasteiger partial charge in [0.2, 0.25) is 0 Å². The molecule has 0 aromatic carbocycles. The molecule has 1 heterocycles. The third-order valence-electron chi connectivity index (χ3n) is 8.64. The average molecular weight is 502 g/mol. The number of nitrogens with one attached hydrogen (secondary N) is 1. The van der Waals surface area contributed by atoms with E-state index in [1.807, 2.05) is 19.1 Å². The largest absolute Gasteiger partial charge is 0.479 e. The number of aldehydes is 1. The van der Waals surface area contributed by atoms with Gasteiger partial charge in [-0.3, -0.25) is 0 Å². The van der Waals surface area contributed by atoms with Crippen molar-refractivity contribution in [1.82, 2.24) is 4.98 Å². The fourth-order valence-corrected chi connectivity index (χ4v) is 6.85. The van der Waals surface area contributed by atoms with E-state index < -0.39 is 53.6 Å². The first kappa shape index (κ1) is 26.3. The van der Waals surface area contributed by atoms with E-state index >= 15 is 0 Å². The first-order valence-corrected chi connectivity index (χ1v) is 12.4. The Morgan fingerprint density at radius 2 is 2.00 bits per heavy atom. The second-order valence-corrected chi connectivity index (χ2v) is 10.5. The van der Waals surface area contributed by atoms with Crippen LogP contribution in [0.4, 0.5) is 0 Å². The Hall–Kier alpha value is -2.75. The monoisotopic (exact) mass is 501 g/mol. The second kappa shape index (κ2) is 9.95. The summed E-state index contributed by atoms with van der Waals surface area (Å²) < 4.78 is 11.0. The predicted octanol–water partition coefficient (Wildman–Crippen LogP) is 2.22. The lowest BCUT2D eigenvalue weighted by Gasteiger charge is -2.61. The van der Waals surface area contributed by atoms with Crippen molar-refractivity contribution in [3.8, 4) is 0 Å². The Labute approximate surface area is 210 Å². The summed E-state index contributed by atoms with van der Waals surface area (Å²) in [6, 6.07) is 3.33. The molecule has 2 saturated carbocycles. The standard InChI is InChI=1S/C27H35NO8/c1-13(12-29)10-14(2)27(34)16(11-19(35-4)25(31)32)7-8-17-20-21(22(17)27)23(30)15(3)24(20)36-26(33)18-6-5-9-28-18/h5-10,12-13,15-17,19-24,28,30,34H,11H2,1-4H3,(H,31,32)/b14-10+/t13-,15-,16-,17+,19+,20+,21?,22+,23-,24-,27+/m1/s1. The summed E-state index contributed by atoms with van der Waals surface area (Å²) in [7, 11) is 1.31. The zero-order valence-electron chi connectivity index (χ0n) is 20.9. The molecule has 9 heteroatoms. The van der Waals surface area contributed by atoms with Crippen molar-refractivity contribution in [2.45, 2.75) is 51.1 Å². The highest BCUT2D eigenvalue weighted by Gasteiger charge is 2.70. The number of ether oxygens (including phenoxy) is 2. The molecule has 1 aromatic heterocycles. The highest BCUT2D eigenvalue weighted by atomic mass is 16.5. The number of hydrogen-bond donors (Lipinski definition) is 4. The van der Waals surface area contributed by atoms with E-state index in [2.05, 4.69) is 4.98 Å².